The molecular formula is C30H30ClFN2O5. The summed E-state index contributed by atoms with van der Waals surface area (Å²) in [5, 5.41) is 10.1. The summed E-state index contributed by atoms with van der Waals surface area (Å²) < 4.78 is 19.4. The number of hydrogen-bond donors (Lipinski definition) is 1. The van der Waals surface area contributed by atoms with Gasteiger partial charge in [0.05, 0.1) is 6.04 Å². The van der Waals surface area contributed by atoms with Crippen LogP contribution in [0.2, 0.25) is 5.02 Å². The lowest BCUT2D eigenvalue weighted by atomic mass is 9.89. The van der Waals surface area contributed by atoms with Crippen LogP contribution in [0, 0.1) is 5.82 Å². The molecular weight excluding hydrogens is 523 g/mol. The van der Waals surface area contributed by atoms with Crippen molar-refractivity contribution in [3.63, 3.8) is 0 Å². The van der Waals surface area contributed by atoms with Crippen LogP contribution in [0.1, 0.15) is 62.5 Å². The highest BCUT2D eigenvalue weighted by Gasteiger charge is 2.39. The molecule has 3 aromatic rings. The minimum atomic E-state index is -1.51. The highest BCUT2D eigenvalue weighted by atomic mass is 35.5. The van der Waals surface area contributed by atoms with Gasteiger partial charge in [0.1, 0.15) is 11.6 Å². The van der Waals surface area contributed by atoms with Crippen molar-refractivity contribution in [3.8, 4) is 5.75 Å². The van der Waals surface area contributed by atoms with Gasteiger partial charge in [0.15, 0.2) is 5.60 Å². The lowest BCUT2D eigenvalue weighted by Crippen LogP contribution is -2.48. The molecule has 4 rings (SSSR count). The number of rotatable bonds is 7. The highest BCUT2D eigenvalue weighted by molar-refractivity contribution is 6.30. The number of carboxylic acid groups (broad SMARTS) is 1. The zero-order valence-electron chi connectivity index (χ0n) is 22.2. The van der Waals surface area contributed by atoms with E-state index in [9.17, 15) is 23.9 Å². The van der Waals surface area contributed by atoms with Gasteiger partial charge in [-0.1, -0.05) is 18.5 Å². The van der Waals surface area contributed by atoms with E-state index in [-0.39, 0.29) is 30.0 Å². The Bertz CT molecular complexity index is 1390. The number of hydrogen-bond acceptors (Lipinski definition) is 4. The van der Waals surface area contributed by atoms with Crippen LogP contribution in [0.25, 0.3) is 0 Å². The third kappa shape index (κ3) is 5.76. The first kappa shape index (κ1) is 28.1. The van der Waals surface area contributed by atoms with Crippen molar-refractivity contribution in [1.82, 2.24) is 0 Å². The molecule has 7 nitrogen and oxygen atoms in total. The normalized spacial score (nSPS) is 16.8. The predicted molar refractivity (Wildman–Crippen MR) is 148 cm³/mol. The molecule has 0 bridgehead atoms. The van der Waals surface area contributed by atoms with E-state index in [0.29, 0.717) is 33.9 Å². The van der Waals surface area contributed by atoms with Crippen molar-refractivity contribution in [3.05, 3.63) is 88.7 Å². The third-order valence-electron chi connectivity index (χ3n) is 6.81. The average Bonchev–Trinajstić information content (AvgIpc) is 2.89. The molecule has 0 fully saturated rings. The molecule has 1 heterocycles. The summed E-state index contributed by atoms with van der Waals surface area (Å²) in [6, 6.07) is 16.5. The Morgan fingerprint density at radius 1 is 1.08 bits per heavy atom. The van der Waals surface area contributed by atoms with Gasteiger partial charge in [-0.3, -0.25) is 9.59 Å². The molecule has 2 atom stereocenters. The molecule has 3 aromatic carbocycles. The SMILES string of the molecule is CCC(=O)N(c1ccc(Cl)cc1)C1CC(C)N(C(=O)c2ccc(F)cc2)c2ccc(OC(C)(C)C(=O)O)cc21. The van der Waals surface area contributed by atoms with Crippen molar-refractivity contribution < 1.29 is 28.6 Å². The zero-order chi connectivity index (χ0) is 28.5. The lowest BCUT2D eigenvalue weighted by molar-refractivity contribution is -0.152. The maximum absolute atomic E-state index is 13.7. The average molecular weight is 553 g/mol. The topological polar surface area (TPSA) is 87.2 Å². The van der Waals surface area contributed by atoms with Gasteiger partial charge in [-0.15, -0.1) is 0 Å². The number of fused-ring (bicyclic) bond motifs is 1. The molecule has 2 unspecified atom stereocenters. The Balaban J connectivity index is 1.87. The fourth-order valence-corrected chi connectivity index (χ4v) is 4.89. The molecule has 39 heavy (non-hydrogen) atoms. The van der Waals surface area contributed by atoms with Crippen molar-refractivity contribution in [1.29, 1.82) is 0 Å². The van der Waals surface area contributed by atoms with E-state index in [4.69, 9.17) is 16.3 Å². The molecule has 204 valence electrons. The van der Waals surface area contributed by atoms with Gasteiger partial charge in [-0.05, 0) is 93.9 Å². The smallest absolute Gasteiger partial charge is 0.347 e. The molecule has 1 N–H and O–H groups in total. The highest BCUT2D eigenvalue weighted by Crippen LogP contribution is 2.45. The van der Waals surface area contributed by atoms with Gasteiger partial charge in [0.2, 0.25) is 5.91 Å². The summed E-state index contributed by atoms with van der Waals surface area (Å²) in [6.07, 6.45) is 0.628. The summed E-state index contributed by atoms with van der Waals surface area (Å²) in [7, 11) is 0. The van der Waals surface area contributed by atoms with E-state index < -0.39 is 23.4 Å². The molecule has 0 saturated heterocycles. The molecule has 0 spiro atoms. The number of benzene rings is 3. The number of amides is 2. The van der Waals surface area contributed by atoms with Crippen molar-refractivity contribution in [2.45, 2.75) is 58.2 Å². The molecule has 2 amide bonds. The molecule has 1 aliphatic rings. The molecule has 0 aromatic heterocycles. The number of carbonyl (C=O) groups is 3. The number of ether oxygens (including phenoxy) is 1. The van der Waals surface area contributed by atoms with Crippen LogP contribution in [-0.4, -0.2) is 34.5 Å². The van der Waals surface area contributed by atoms with Crippen molar-refractivity contribution in [2.24, 2.45) is 0 Å². The third-order valence-corrected chi connectivity index (χ3v) is 7.06. The van der Waals surface area contributed by atoms with E-state index in [1.807, 2.05) is 6.92 Å². The van der Waals surface area contributed by atoms with Gasteiger partial charge < -0.3 is 19.6 Å². The van der Waals surface area contributed by atoms with E-state index in [2.05, 4.69) is 0 Å². The zero-order valence-corrected chi connectivity index (χ0v) is 22.9. The fraction of sp³-hybridized carbons (Fsp3) is 0.300. The van der Waals surface area contributed by atoms with Crippen molar-refractivity contribution in [2.75, 3.05) is 9.80 Å². The Morgan fingerprint density at radius 3 is 2.31 bits per heavy atom. The summed E-state index contributed by atoms with van der Waals surface area (Å²) in [5.41, 5.74) is 0.629. The minimum Gasteiger partial charge on any atom is -0.478 e. The summed E-state index contributed by atoms with van der Waals surface area (Å²) in [5.74, 6) is -1.74. The Labute approximate surface area is 231 Å². The standard InChI is InChI=1S/C30H30ClFN2O5/c1-5-27(35)34(22-12-8-20(31)9-13-22)26-16-18(2)33(28(36)19-6-10-21(32)11-7-19)25-15-14-23(17-24(25)26)39-30(3,4)29(37)38/h6-15,17-18,26H,5,16H2,1-4H3,(H,37,38). The number of anilines is 2. The second kappa shape index (κ2) is 11.1. The Kier molecular flexibility index (Phi) is 7.97. The monoisotopic (exact) mass is 552 g/mol. The van der Waals surface area contributed by atoms with E-state index in [1.165, 1.54) is 38.1 Å². The van der Waals surface area contributed by atoms with Crippen LogP contribution in [-0.2, 0) is 9.59 Å². The lowest BCUT2D eigenvalue weighted by Gasteiger charge is -2.44. The number of carboxylic acids is 1. The quantitative estimate of drug-likeness (QED) is 0.355. The van der Waals surface area contributed by atoms with Gasteiger partial charge in [-0.25, -0.2) is 9.18 Å². The summed E-state index contributed by atoms with van der Waals surface area (Å²) in [6.45, 7) is 6.56. The van der Waals surface area contributed by atoms with E-state index >= 15 is 0 Å². The maximum atomic E-state index is 13.7. The first-order valence-corrected chi connectivity index (χ1v) is 13.0. The van der Waals surface area contributed by atoms with Crippen molar-refractivity contribution >= 4 is 40.8 Å². The van der Waals surface area contributed by atoms with Gasteiger partial charge in [0.25, 0.3) is 5.91 Å². The van der Waals surface area contributed by atoms with Gasteiger partial charge >= 0.3 is 5.97 Å². The predicted octanol–water partition coefficient (Wildman–Crippen LogP) is 6.64. The summed E-state index contributed by atoms with van der Waals surface area (Å²) in [4.78, 5) is 42.1. The first-order valence-electron chi connectivity index (χ1n) is 12.7. The minimum absolute atomic E-state index is 0.129. The number of carbonyl (C=O) groups excluding carboxylic acids is 2. The second-order valence-corrected chi connectivity index (χ2v) is 10.5. The van der Waals surface area contributed by atoms with Crippen LogP contribution in [0.5, 0.6) is 5.75 Å². The van der Waals surface area contributed by atoms with Crippen LogP contribution in [0.15, 0.2) is 66.7 Å². The fourth-order valence-electron chi connectivity index (χ4n) is 4.77. The second-order valence-electron chi connectivity index (χ2n) is 10.0. The Morgan fingerprint density at radius 2 is 1.72 bits per heavy atom. The molecule has 0 radical (unpaired) electrons. The summed E-state index contributed by atoms with van der Waals surface area (Å²) >= 11 is 6.11. The Hall–Kier alpha value is -3.91. The van der Waals surface area contributed by atoms with E-state index in [0.717, 1.165) is 0 Å². The first-order chi connectivity index (χ1) is 18.4. The number of nitrogens with zero attached hydrogens (tertiary/aromatic N) is 2. The van der Waals surface area contributed by atoms with Gasteiger partial charge in [-0.2, -0.15) is 0 Å². The van der Waals surface area contributed by atoms with Gasteiger partial charge in [0, 0.05) is 40.0 Å². The van der Waals surface area contributed by atoms with Crippen LogP contribution in [0.4, 0.5) is 15.8 Å². The largest absolute Gasteiger partial charge is 0.478 e. The van der Waals surface area contributed by atoms with E-state index in [1.54, 1.807) is 59.2 Å². The maximum Gasteiger partial charge on any atom is 0.347 e. The van der Waals surface area contributed by atoms with Crippen LogP contribution >= 0.6 is 11.6 Å². The molecule has 9 heteroatoms. The van der Waals surface area contributed by atoms with Crippen LogP contribution < -0.4 is 14.5 Å². The molecule has 0 aliphatic carbocycles. The molecule has 1 aliphatic heterocycles. The number of aliphatic carboxylic acids is 1. The van der Waals surface area contributed by atoms with Crippen LogP contribution in [0.3, 0.4) is 0 Å². The number of halogens is 2. The molecule has 0 saturated carbocycles.